The van der Waals surface area contributed by atoms with Gasteiger partial charge < -0.3 is 15.6 Å². The van der Waals surface area contributed by atoms with Crippen molar-refractivity contribution < 1.29 is 4.79 Å². The van der Waals surface area contributed by atoms with Crippen LogP contribution in [0.3, 0.4) is 0 Å². The zero-order valence-corrected chi connectivity index (χ0v) is 14.0. The summed E-state index contributed by atoms with van der Waals surface area (Å²) in [6, 6.07) is 7.88. The molecule has 1 saturated carbocycles. The quantitative estimate of drug-likeness (QED) is 0.898. The number of carbonyl (C=O) groups is 1. The maximum Gasteiger partial charge on any atom is 0.326 e. The molecule has 2 aliphatic rings. The Kier molecular flexibility index (Phi) is 3.53. The Hall–Kier alpha value is -2.08. The summed E-state index contributed by atoms with van der Waals surface area (Å²) in [7, 11) is 0. The highest BCUT2D eigenvalue weighted by Crippen LogP contribution is 2.39. The van der Waals surface area contributed by atoms with Gasteiger partial charge in [-0.2, -0.15) is 0 Å². The first kappa shape index (κ1) is 15.4. The van der Waals surface area contributed by atoms with Crippen molar-refractivity contribution in [3.05, 3.63) is 34.7 Å². The number of benzene rings is 1. The lowest BCUT2D eigenvalue weighted by molar-refractivity contribution is -0.138. The summed E-state index contributed by atoms with van der Waals surface area (Å²) in [6.07, 6.45) is 3.68. The molecule has 6 nitrogen and oxygen atoms in total. The molecule has 1 aromatic carbocycles. The minimum atomic E-state index is -0.732. The van der Waals surface area contributed by atoms with Crippen molar-refractivity contribution in [3.63, 3.8) is 0 Å². The summed E-state index contributed by atoms with van der Waals surface area (Å²) >= 11 is 0. The lowest BCUT2D eigenvalue weighted by Crippen LogP contribution is -2.56. The van der Waals surface area contributed by atoms with E-state index in [1.165, 1.54) is 0 Å². The number of fused-ring (bicyclic) bond motifs is 1. The van der Waals surface area contributed by atoms with Crippen molar-refractivity contribution in [2.45, 2.75) is 44.2 Å². The molecule has 1 amide bonds. The number of aromatic amines is 1. The number of nitrogens with zero attached hydrogens (tertiary/aromatic N) is 2. The van der Waals surface area contributed by atoms with Crippen molar-refractivity contribution in [2.24, 2.45) is 11.7 Å². The van der Waals surface area contributed by atoms with Crippen LogP contribution in [0.15, 0.2) is 29.1 Å². The highest BCUT2D eigenvalue weighted by molar-refractivity contribution is 5.86. The molecule has 2 heterocycles. The summed E-state index contributed by atoms with van der Waals surface area (Å²) < 4.78 is 1.85. The van der Waals surface area contributed by atoms with Gasteiger partial charge in [0, 0.05) is 19.1 Å². The molecule has 24 heavy (non-hydrogen) atoms. The summed E-state index contributed by atoms with van der Waals surface area (Å²) in [5.74, 6) is 0.397. The van der Waals surface area contributed by atoms with Gasteiger partial charge in [-0.15, -0.1) is 0 Å². The van der Waals surface area contributed by atoms with Crippen molar-refractivity contribution in [3.8, 4) is 0 Å². The third kappa shape index (κ3) is 2.45. The van der Waals surface area contributed by atoms with Crippen LogP contribution in [0.1, 0.15) is 38.6 Å². The van der Waals surface area contributed by atoms with E-state index in [2.05, 4.69) is 4.98 Å². The number of imidazole rings is 1. The number of hydrogen-bond acceptors (Lipinski definition) is 3. The zero-order chi connectivity index (χ0) is 16.9. The SMILES string of the molecule is CC(N)(C(=O)N1CCC(n2c(=O)[nH]c3ccccc32)CC1)C1CC1. The number of piperidine rings is 1. The molecule has 1 aliphatic carbocycles. The van der Waals surface area contributed by atoms with E-state index >= 15 is 0 Å². The monoisotopic (exact) mass is 328 g/mol. The number of nitrogens with one attached hydrogen (secondary N) is 1. The molecule has 0 bridgehead atoms. The van der Waals surface area contributed by atoms with Crippen LogP contribution in [0.25, 0.3) is 11.0 Å². The third-order valence-electron chi connectivity index (χ3n) is 5.63. The Morgan fingerprint density at radius 1 is 1.21 bits per heavy atom. The van der Waals surface area contributed by atoms with E-state index < -0.39 is 5.54 Å². The van der Waals surface area contributed by atoms with Crippen LogP contribution >= 0.6 is 0 Å². The molecule has 128 valence electrons. The van der Waals surface area contributed by atoms with Gasteiger partial charge in [0.05, 0.1) is 16.6 Å². The third-order valence-corrected chi connectivity index (χ3v) is 5.63. The highest BCUT2D eigenvalue weighted by Gasteiger charge is 2.46. The first-order valence-corrected chi connectivity index (χ1v) is 8.76. The second-order valence-corrected chi connectivity index (χ2v) is 7.40. The molecule has 6 heteroatoms. The molecule has 1 unspecified atom stereocenters. The lowest BCUT2D eigenvalue weighted by Gasteiger charge is -2.37. The molecular weight excluding hydrogens is 304 g/mol. The largest absolute Gasteiger partial charge is 0.341 e. The average Bonchev–Trinajstić information content (AvgIpc) is 3.38. The van der Waals surface area contributed by atoms with Crippen molar-refractivity contribution in [1.29, 1.82) is 0 Å². The van der Waals surface area contributed by atoms with Crippen molar-refractivity contribution in [1.82, 2.24) is 14.5 Å². The fourth-order valence-corrected chi connectivity index (χ4v) is 3.96. The molecule has 1 atom stereocenters. The van der Waals surface area contributed by atoms with Crippen LogP contribution < -0.4 is 11.4 Å². The fraction of sp³-hybridized carbons (Fsp3) is 0.556. The summed E-state index contributed by atoms with van der Waals surface area (Å²) in [6.45, 7) is 3.19. The number of hydrogen-bond donors (Lipinski definition) is 2. The van der Waals surface area contributed by atoms with Crippen LogP contribution in [0.2, 0.25) is 0 Å². The molecule has 2 aromatic rings. The number of H-pyrrole nitrogens is 1. The van der Waals surface area contributed by atoms with Gasteiger partial charge in [0.1, 0.15) is 0 Å². The Bertz CT molecular complexity index is 823. The van der Waals surface area contributed by atoms with Gasteiger partial charge >= 0.3 is 5.69 Å². The number of likely N-dealkylation sites (tertiary alicyclic amines) is 1. The Morgan fingerprint density at radius 3 is 2.54 bits per heavy atom. The first-order valence-electron chi connectivity index (χ1n) is 8.76. The predicted octanol–water partition coefficient (Wildman–Crippen LogP) is 1.62. The van der Waals surface area contributed by atoms with Gasteiger partial charge in [0.15, 0.2) is 0 Å². The minimum Gasteiger partial charge on any atom is -0.341 e. The van der Waals surface area contributed by atoms with E-state index in [9.17, 15) is 9.59 Å². The van der Waals surface area contributed by atoms with E-state index in [1.54, 1.807) is 0 Å². The van der Waals surface area contributed by atoms with Crippen LogP contribution in [0, 0.1) is 5.92 Å². The van der Waals surface area contributed by atoms with Gasteiger partial charge in [-0.3, -0.25) is 9.36 Å². The van der Waals surface area contributed by atoms with Gasteiger partial charge in [0.2, 0.25) is 5.91 Å². The molecule has 1 aliphatic heterocycles. The first-order chi connectivity index (χ1) is 11.5. The summed E-state index contributed by atoms with van der Waals surface area (Å²) in [5, 5.41) is 0. The van der Waals surface area contributed by atoms with Crippen molar-refractivity contribution in [2.75, 3.05) is 13.1 Å². The maximum atomic E-state index is 12.7. The van der Waals surface area contributed by atoms with Crippen LogP contribution in [0.4, 0.5) is 0 Å². The van der Waals surface area contributed by atoms with E-state index in [-0.39, 0.29) is 17.6 Å². The van der Waals surface area contributed by atoms with Crippen LogP contribution in [-0.4, -0.2) is 39.0 Å². The Balaban J connectivity index is 1.51. The second kappa shape index (κ2) is 5.48. The molecule has 0 radical (unpaired) electrons. The fourth-order valence-electron chi connectivity index (χ4n) is 3.96. The second-order valence-electron chi connectivity index (χ2n) is 7.40. The topological polar surface area (TPSA) is 84.1 Å². The molecule has 1 aromatic heterocycles. The van der Waals surface area contributed by atoms with E-state index in [1.807, 2.05) is 40.7 Å². The maximum absolute atomic E-state index is 12.7. The van der Waals surface area contributed by atoms with E-state index in [4.69, 9.17) is 5.73 Å². The Labute approximate surface area is 140 Å². The molecule has 2 fully saturated rings. The number of rotatable bonds is 3. The molecule has 1 saturated heterocycles. The normalized spacial score (nSPS) is 21.8. The van der Waals surface area contributed by atoms with E-state index in [0.717, 1.165) is 36.7 Å². The molecule has 0 spiro atoms. The average molecular weight is 328 g/mol. The lowest BCUT2D eigenvalue weighted by atomic mass is 9.93. The molecule has 4 rings (SSSR count). The number of para-hydroxylation sites is 2. The smallest absolute Gasteiger partial charge is 0.326 e. The number of carbonyl (C=O) groups excluding carboxylic acids is 1. The van der Waals surface area contributed by atoms with E-state index in [0.29, 0.717) is 19.0 Å². The minimum absolute atomic E-state index is 0.0646. The Morgan fingerprint density at radius 2 is 1.88 bits per heavy atom. The molecular formula is C18H24N4O2. The van der Waals surface area contributed by atoms with Gasteiger partial charge in [0.25, 0.3) is 0 Å². The summed E-state index contributed by atoms with van der Waals surface area (Å²) in [4.78, 5) is 29.8. The van der Waals surface area contributed by atoms with Crippen molar-refractivity contribution >= 4 is 16.9 Å². The number of nitrogens with two attached hydrogens (primary N) is 1. The molecule has 3 N–H and O–H groups in total. The predicted molar refractivity (Wildman–Crippen MR) is 92.7 cm³/mol. The highest BCUT2D eigenvalue weighted by atomic mass is 16.2. The number of aromatic nitrogens is 2. The van der Waals surface area contributed by atoms with Gasteiger partial charge in [-0.25, -0.2) is 4.79 Å². The standard InChI is InChI=1S/C18H24N4O2/c1-18(19,12-6-7-12)16(23)21-10-8-13(9-11-21)22-15-5-3-2-4-14(15)20-17(22)24/h2-5,12-13H,6-11,19H2,1H3,(H,20,24). The van der Waals surface area contributed by atoms with Gasteiger partial charge in [-0.1, -0.05) is 12.1 Å². The van der Waals surface area contributed by atoms with Crippen LogP contribution in [-0.2, 0) is 4.79 Å². The number of amides is 1. The summed E-state index contributed by atoms with van der Waals surface area (Å²) in [5.41, 5.74) is 7.28. The zero-order valence-electron chi connectivity index (χ0n) is 14.0. The van der Waals surface area contributed by atoms with Crippen LogP contribution in [0.5, 0.6) is 0 Å². The van der Waals surface area contributed by atoms with Gasteiger partial charge in [-0.05, 0) is 50.7 Å².